The summed E-state index contributed by atoms with van der Waals surface area (Å²) in [5, 5.41) is 0.874. The van der Waals surface area contributed by atoms with Crippen LogP contribution in [0.1, 0.15) is 50.0 Å². The molecule has 2 saturated heterocycles. The van der Waals surface area contributed by atoms with E-state index in [0.717, 1.165) is 47.1 Å². The first-order valence-electron chi connectivity index (χ1n) is 10.6. The number of H-pyrrole nitrogens is 1. The van der Waals surface area contributed by atoms with Crippen molar-refractivity contribution in [2.75, 3.05) is 26.2 Å². The number of halogens is 3. The number of amides is 1. The minimum Gasteiger partial charge on any atom is -0.489 e. The first-order chi connectivity index (χ1) is 14.2. The summed E-state index contributed by atoms with van der Waals surface area (Å²) < 4.78 is 33.9. The van der Waals surface area contributed by atoms with Crippen LogP contribution in [0, 0.1) is 0 Å². The summed E-state index contributed by atoms with van der Waals surface area (Å²) in [7, 11) is 0. The van der Waals surface area contributed by atoms with Gasteiger partial charge in [0.15, 0.2) is 0 Å². The van der Waals surface area contributed by atoms with Crippen LogP contribution < -0.4 is 4.74 Å². The number of rotatable bonds is 4. The second-order valence-electron chi connectivity index (χ2n) is 8.65. The molecule has 0 spiro atoms. The van der Waals surface area contributed by atoms with Crippen molar-refractivity contribution < 1.29 is 18.3 Å². The fourth-order valence-electron chi connectivity index (χ4n) is 4.24. The highest BCUT2D eigenvalue weighted by Crippen LogP contribution is 2.34. The molecule has 0 saturated carbocycles. The van der Waals surface area contributed by atoms with Gasteiger partial charge < -0.3 is 19.5 Å². The standard InChI is InChI=1S/C22H28BrF2N3O2/c1-14(2)27-7-3-16(4-8-27)30-20-12-15-11-19(26-18(15)13-17(20)23)21(29)28-9-5-22(24,25)6-10-28/h11-14,16,26H,3-10H2,1-2H3. The Balaban J connectivity index is 1.46. The molecule has 0 unspecified atom stereocenters. The molecule has 2 aromatic rings. The Bertz CT molecular complexity index is 912. The van der Waals surface area contributed by atoms with E-state index in [0.29, 0.717) is 11.7 Å². The van der Waals surface area contributed by atoms with Crippen molar-refractivity contribution in [3.8, 4) is 5.75 Å². The smallest absolute Gasteiger partial charge is 0.270 e. The highest BCUT2D eigenvalue weighted by molar-refractivity contribution is 9.10. The van der Waals surface area contributed by atoms with Crippen LogP contribution in [0.5, 0.6) is 5.75 Å². The second kappa shape index (κ2) is 8.46. The molecule has 0 aliphatic carbocycles. The molecule has 1 aromatic carbocycles. The first-order valence-corrected chi connectivity index (χ1v) is 11.4. The summed E-state index contributed by atoms with van der Waals surface area (Å²) in [5.74, 6) is -2.14. The van der Waals surface area contributed by atoms with E-state index in [1.54, 1.807) is 6.07 Å². The Hall–Kier alpha value is -1.67. The van der Waals surface area contributed by atoms with Crippen molar-refractivity contribution in [2.24, 2.45) is 0 Å². The molecule has 30 heavy (non-hydrogen) atoms. The zero-order valence-corrected chi connectivity index (χ0v) is 19.0. The van der Waals surface area contributed by atoms with Gasteiger partial charge >= 0.3 is 0 Å². The van der Waals surface area contributed by atoms with Crippen LogP contribution in [-0.2, 0) is 0 Å². The van der Waals surface area contributed by atoms with Crippen LogP contribution in [-0.4, -0.2) is 64.9 Å². The van der Waals surface area contributed by atoms with Gasteiger partial charge in [0.1, 0.15) is 17.5 Å². The Morgan fingerprint density at radius 1 is 1.17 bits per heavy atom. The SMILES string of the molecule is CC(C)N1CCC(Oc2cc3cc(C(=O)N4CCC(F)(F)CC4)[nH]c3cc2Br)CC1. The Labute approximate surface area is 183 Å². The van der Waals surface area contributed by atoms with Gasteiger partial charge in [0.25, 0.3) is 11.8 Å². The second-order valence-corrected chi connectivity index (χ2v) is 9.50. The van der Waals surface area contributed by atoms with Gasteiger partial charge in [0.2, 0.25) is 0 Å². The van der Waals surface area contributed by atoms with Crippen molar-refractivity contribution in [3.05, 3.63) is 28.4 Å². The van der Waals surface area contributed by atoms with Crippen molar-refractivity contribution >= 4 is 32.7 Å². The van der Waals surface area contributed by atoms with Gasteiger partial charge in [-0.05, 0) is 60.8 Å². The fraction of sp³-hybridized carbons (Fsp3) is 0.591. The molecule has 5 nitrogen and oxygen atoms in total. The molecule has 0 bridgehead atoms. The van der Waals surface area contributed by atoms with E-state index in [9.17, 15) is 13.6 Å². The topological polar surface area (TPSA) is 48.6 Å². The third-order valence-electron chi connectivity index (χ3n) is 6.19. The molecule has 2 aliphatic heterocycles. The largest absolute Gasteiger partial charge is 0.489 e. The van der Waals surface area contributed by atoms with Gasteiger partial charge in [-0.2, -0.15) is 0 Å². The average molecular weight is 484 g/mol. The fourth-order valence-corrected chi connectivity index (χ4v) is 4.67. The van der Waals surface area contributed by atoms with Crippen LogP contribution in [0.3, 0.4) is 0 Å². The number of hydrogen-bond acceptors (Lipinski definition) is 3. The summed E-state index contributed by atoms with van der Waals surface area (Å²) in [6.07, 6.45) is 1.58. The average Bonchev–Trinajstić information content (AvgIpc) is 3.11. The molecule has 164 valence electrons. The van der Waals surface area contributed by atoms with Crippen molar-refractivity contribution in [1.82, 2.24) is 14.8 Å². The molecule has 2 fully saturated rings. The highest BCUT2D eigenvalue weighted by Gasteiger charge is 2.36. The van der Waals surface area contributed by atoms with Gasteiger partial charge in [0.05, 0.1) is 4.47 Å². The van der Waals surface area contributed by atoms with Gasteiger partial charge in [-0.1, -0.05) is 0 Å². The van der Waals surface area contributed by atoms with Crippen molar-refractivity contribution in [2.45, 2.75) is 57.6 Å². The predicted octanol–water partition coefficient (Wildman–Crippen LogP) is 5.05. The molecule has 0 atom stereocenters. The van der Waals surface area contributed by atoms with Gasteiger partial charge in [0, 0.05) is 56.0 Å². The zero-order valence-electron chi connectivity index (χ0n) is 17.4. The molecule has 3 heterocycles. The number of piperidine rings is 2. The molecular formula is C22H28BrF2N3O2. The van der Waals surface area contributed by atoms with Crippen LogP contribution in [0.4, 0.5) is 8.78 Å². The number of likely N-dealkylation sites (tertiary alicyclic amines) is 2. The van der Waals surface area contributed by atoms with E-state index < -0.39 is 5.92 Å². The first kappa shape index (κ1) is 21.6. The van der Waals surface area contributed by atoms with E-state index >= 15 is 0 Å². The number of benzene rings is 1. The third kappa shape index (κ3) is 4.64. The number of carbonyl (C=O) groups is 1. The molecular weight excluding hydrogens is 456 g/mol. The number of hydrogen-bond donors (Lipinski definition) is 1. The number of alkyl halides is 2. The highest BCUT2D eigenvalue weighted by atomic mass is 79.9. The maximum Gasteiger partial charge on any atom is 0.270 e. The molecule has 2 aliphatic rings. The number of ether oxygens (including phenoxy) is 1. The van der Waals surface area contributed by atoms with E-state index in [2.05, 4.69) is 39.7 Å². The van der Waals surface area contributed by atoms with E-state index in [1.807, 2.05) is 12.1 Å². The van der Waals surface area contributed by atoms with E-state index in [1.165, 1.54) is 4.90 Å². The number of aromatic amines is 1. The van der Waals surface area contributed by atoms with Crippen LogP contribution in [0.15, 0.2) is 22.7 Å². The molecule has 1 N–H and O–H groups in total. The molecule has 8 heteroatoms. The minimum atomic E-state index is -2.67. The van der Waals surface area contributed by atoms with Gasteiger partial charge in [-0.15, -0.1) is 0 Å². The van der Waals surface area contributed by atoms with Crippen molar-refractivity contribution in [1.29, 1.82) is 0 Å². The lowest BCUT2D eigenvalue weighted by atomic mass is 10.1. The van der Waals surface area contributed by atoms with E-state index in [-0.39, 0.29) is 37.9 Å². The molecule has 1 aromatic heterocycles. The number of fused-ring (bicyclic) bond motifs is 1. The minimum absolute atomic E-state index is 0.0777. The van der Waals surface area contributed by atoms with Crippen LogP contribution >= 0.6 is 15.9 Å². The maximum absolute atomic E-state index is 13.4. The number of carbonyl (C=O) groups excluding carboxylic acids is 1. The molecule has 4 rings (SSSR count). The Morgan fingerprint density at radius 3 is 2.47 bits per heavy atom. The lowest BCUT2D eigenvalue weighted by molar-refractivity contribution is -0.0495. The van der Waals surface area contributed by atoms with E-state index in [4.69, 9.17) is 4.74 Å². The quantitative estimate of drug-likeness (QED) is 0.661. The van der Waals surface area contributed by atoms with Gasteiger partial charge in [-0.3, -0.25) is 4.79 Å². The number of nitrogens with one attached hydrogen (secondary N) is 1. The predicted molar refractivity (Wildman–Crippen MR) is 116 cm³/mol. The number of aromatic nitrogens is 1. The Morgan fingerprint density at radius 2 is 1.83 bits per heavy atom. The van der Waals surface area contributed by atoms with Gasteiger partial charge in [-0.25, -0.2) is 8.78 Å². The lowest BCUT2D eigenvalue weighted by Crippen LogP contribution is -2.42. The Kier molecular flexibility index (Phi) is 6.08. The zero-order chi connectivity index (χ0) is 21.5. The maximum atomic E-state index is 13.4. The monoisotopic (exact) mass is 483 g/mol. The normalized spacial score (nSPS) is 20.8. The molecule has 0 radical (unpaired) electrons. The summed E-state index contributed by atoms with van der Waals surface area (Å²) in [4.78, 5) is 19.8. The van der Waals surface area contributed by atoms with Crippen LogP contribution in [0.2, 0.25) is 0 Å². The lowest BCUT2D eigenvalue weighted by Gasteiger charge is -2.34. The number of nitrogens with zero attached hydrogens (tertiary/aromatic N) is 2. The van der Waals surface area contributed by atoms with Crippen LogP contribution in [0.25, 0.3) is 10.9 Å². The summed E-state index contributed by atoms with van der Waals surface area (Å²) in [6.45, 7) is 6.64. The summed E-state index contributed by atoms with van der Waals surface area (Å²) >= 11 is 3.58. The summed E-state index contributed by atoms with van der Waals surface area (Å²) in [5.41, 5.74) is 1.24. The third-order valence-corrected chi connectivity index (χ3v) is 6.81. The summed E-state index contributed by atoms with van der Waals surface area (Å²) in [6, 6.07) is 6.18. The molecule has 1 amide bonds. The van der Waals surface area contributed by atoms with Crippen molar-refractivity contribution in [3.63, 3.8) is 0 Å².